The number of ether oxygens (including phenoxy) is 1. The number of carbonyl (C=O) groups excluding carboxylic acids is 1. The summed E-state index contributed by atoms with van der Waals surface area (Å²) in [4.78, 5) is 25.0. The molecular formula is C20H26Cl2N4O2S2. The summed E-state index contributed by atoms with van der Waals surface area (Å²) in [5.74, 6) is 1.43. The van der Waals surface area contributed by atoms with Crippen molar-refractivity contribution in [2.75, 3.05) is 25.4 Å². The summed E-state index contributed by atoms with van der Waals surface area (Å²) in [5, 5.41) is 4.01. The average molecular weight is 489 g/mol. The molecule has 0 amide bonds. The number of rotatable bonds is 10. The van der Waals surface area contributed by atoms with E-state index in [4.69, 9.17) is 4.74 Å². The number of halogens is 2. The van der Waals surface area contributed by atoms with E-state index >= 15 is 0 Å². The van der Waals surface area contributed by atoms with Crippen LogP contribution < -0.4 is 5.32 Å². The van der Waals surface area contributed by atoms with Crippen LogP contribution in [0, 0.1) is 6.92 Å². The van der Waals surface area contributed by atoms with Crippen molar-refractivity contribution in [1.29, 1.82) is 0 Å². The molecule has 30 heavy (non-hydrogen) atoms. The van der Waals surface area contributed by atoms with E-state index in [1.807, 2.05) is 43.5 Å². The van der Waals surface area contributed by atoms with E-state index in [1.54, 1.807) is 23.5 Å². The third-order valence-electron chi connectivity index (χ3n) is 4.08. The van der Waals surface area contributed by atoms with Gasteiger partial charge in [-0.05, 0) is 37.6 Å². The fourth-order valence-electron chi connectivity index (χ4n) is 2.63. The molecule has 3 aromatic rings. The molecule has 2 aromatic heterocycles. The van der Waals surface area contributed by atoms with Crippen LogP contribution in [-0.2, 0) is 15.3 Å². The fourth-order valence-corrected chi connectivity index (χ4v) is 4.50. The second-order valence-electron chi connectivity index (χ2n) is 6.06. The van der Waals surface area contributed by atoms with Crippen LogP contribution in [0.4, 0.5) is 0 Å². The standard InChI is InChI=1S/C20H24N4O2S2.2ClH/c1-3-26-19(25)12-21-10-11-27-18-8-9-22-17(14(18)2)13-28-20-23-15-6-4-5-7-16(15)24-20;;/h4-9,21H,3,10-13H2,1-2H3,(H,23,24);2*1H. The number of imidazole rings is 1. The van der Waals surface area contributed by atoms with Crippen molar-refractivity contribution < 1.29 is 9.53 Å². The van der Waals surface area contributed by atoms with E-state index in [-0.39, 0.29) is 37.3 Å². The Kier molecular flexibility index (Phi) is 12.2. The number of nitrogens with zero attached hydrogens (tertiary/aromatic N) is 2. The molecule has 0 aliphatic heterocycles. The summed E-state index contributed by atoms with van der Waals surface area (Å²) in [6, 6.07) is 10.1. The minimum Gasteiger partial charge on any atom is -0.465 e. The Morgan fingerprint density at radius 2 is 2.00 bits per heavy atom. The molecule has 6 nitrogen and oxygen atoms in total. The van der Waals surface area contributed by atoms with Gasteiger partial charge >= 0.3 is 5.97 Å². The summed E-state index contributed by atoms with van der Waals surface area (Å²) >= 11 is 3.42. The summed E-state index contributed by atoms with van der Waals surface area (Å²) in [6.07, 6.45) is 1.86. The Morgan fingerprint density at radius 3 is 2.77 bits per heavy atom. The highest BCUT2D eigenvalue weighted by atomic mass is 35.5. The number of benzene rings is 1. The van der Waals surface area contributed by atoms with Gasteiger partial charge in [-0.15, -0.1) is 36.6 Å². The van der Waals surface area contributed by atoms with Crippen molar-refractivity contribution in [2.45, 2.75) is 29.7 Å². The minimum absolute atomic E-state index is 0. The van der Waals surface area contributed by atoms with Crippen molar-refractivity contribution in [3.05, 3.63) is 47.8 Å². The van der Waals surface area contributed by atoms with E-state index in [1.165, 1.54) is 10.5 Å². The first-order chi connectivity index (χ1) is 13.7. The molecule has 0 spiro atoms. The Bertz CT molecular complexity index is 907. The average Bonchev–Trinajstić information content (AvgIpc) is 3.11. The molecule has 0 radical (unpaired) electrons. The summed E-state index contributed by atoms with van der Waals surface area (Å²) in [7, 11) is 0. The van der Waals surface area contributed by atoms with Crippen LogP contribution in [0.15, 0.2) is 46.6 Å². The molecule has 0 saturated heterocycles. The van der Waals surface area contributed by atoms with Gasteiger partial charge in [0.05, 0.1) is 29.9 Å². The van der Waals surface area contributed by atoms with E-state index in [9.17, 15) is 4.79 Å². The Hall–Kier alpha value is -1.45. The first-order valence-electron chi connectivity index (χ1n) is 9.18. The van der Waals surface area contributed by atoms with Crippen molar-refractivity contribution in [3.8, 4) is 0 Å². The molecular weight excluding hydrogens is 463 g/mol. The van der Waals surface area contributed by atoms with Crippen LogP contribution in [0.2, 0.25) is 0 Å². The molecule has 164 valence electrons. The largest absolute Gasteiger partial charge is 0.465 e. The lowest BCUT2D eigenvalue weighted by Gasteiger charge is -2.10. The van der Waals surface area contributed by atoms with Crippen molar-refractivity contribution in [2.24, 2.45) is 0 Å². The maximum absolute atomic E-state index is 11.3. The third kappa shape index (κ3) is 7.67. The smallest absolute Gasteiger partial charge is 0.319 e. The monoisotopic (exact) mass is 488 g/mol. The molecule has 1 aromatic carbocycles. The molecule has 2 heterocycles. The highest BCUT2D eigenvalue weighted by molar-refractivity contribution is 7.99. The van der Waals surface area contributed by atoms with Gasteiger partial charge in [0.1, 0.15) is 0 Å². The molecule has 0 aliphatic rings. The summed E-state index contributed by atoms with van der Waals surface area (Å²) in [6.45, 7) is 5.33. The molecule has 3 rings (SSSR count). The van der Waals surface area contributed by atoms with Gasteiger partial charge in [-0.3, -0.25) is 9.78 Å². The number of carbonyl (C=O) groups is 1. The Labute approximate surface area is 197 Å². The number of H-pyrrole nitrogens is 1. The molecule has 0 bridgehead atoms. The lowest BCUT2D eigenvalue weighted by molar-refractivity contribution is -0.141. The van der Waals surface area contributed by atoms with Gasteiger partial charge in [-0.2, -0.15) is 0 Å². The normalized spacial score (nSPS) is 10.3. The molecule has 0 aliphatic carbocycles. The SMILES string of the molecule is CCOC(=O)CNCCSc1ccnc(CSc2nc3ccccc3[nH]2)c1C.Cl.Cl. The summed E-state index contributed by atoms with van der Waals surface area (Å²) in [5.41, 5.74) is 4.29. The molecule has 2 N–H and O–H groups in total. The molecule has 0 atom stereocenters. The zero-order valence-corrected chi connectivity index (χ0v) is 20.1. The number of pyridine rings is 1. The van der Waals surface area contributed by atoms with Crippen LogP contribution in [0.3, 0.4) is 0 Å². The number of para-hydroxylation sites is 2. The van der Waals surface area contributed by atoms with Gasteiger partial charge in [0.25, 0.3) is 0 Å². The van der Waals surface area contributed by atoms with Crippen molar-refractivity contribution in [3.63, 3.8) is 0 Å². The number of nitrogens with one attached hydrogen (secondary N) is 2. The second-order valence-corrected chi connectivity index (χ2v) is 8.16. The maximum atomic E-state index is 11.3. The number of thioether (sulfide) groups is 2. The quantitative estimate of drug-likeness (QED) is 0.244. The van der Waals surface area contributed by atoms with Gasteiger partial charge in [0, 0.05) is 29.1 Å². The molecule has 10 heteroatoms. The molecule has 0 fully saturated rings. The van der Waals surface area contributed by atoms with Gasteiger partial charge < -0.3 is 15.0 Å². The fraction of sp³-hybridized carbons (Fsp3) is 0.350. The van der Waals surface area contributed by atoms with Crippen LogP contribution in [0.1, 0.15) is 18.2 Å². The lowest BCUT2D eigenvalue weighted by Crippen LogP contribution is -2.26. The van der Waals surface area contributed by atoms with Gasteiger partial charge in [0.2, 0.25) is 0 Å². The number of hydrogen-bond donors (Lipinski definition) is 2. The van der Waals surface area contributed by atoms with Crippen LogP contribution in [-0.4, -0.2) is 46.4 Å². The van der Waals surface area contributed by atoms with Crippen LogP contribution in [0.25, 0.3) is 11.0 Å². The Balaban J connectivity index is 0.00000225. The maximum Gasteiger partial charge on any atom is 0.319 e. The van der Waals surface area contributed by atoms with Crippen molar-refractivity contribution >= 4 is 65.3 Å². The van der Waals surface area contributed by atoms with E-state index in [0.717, 1.165) is 39.9 Å². The highest BCUT2D eigenvalue weighted by Gasteiger charge is 2.09. The first-order valence-corrected chi connectivity index (χ1v) is 11.2. The highest BCUT2D eigenvalue weighted by Crippen LogP contribution is 2.28. The van der Waals surface area contributed by atoms with E-state index in [0.29, 0.717) is 6.61 Å². The third-order valence-corrected chi connectivity index (χ3v) is 6.13. The number of hydrogen-bond acceptors (Lipinski definition) is 7. The van der Waals surface area contributed by atoms with Gasteiger partial charge in [-0.25, -0.2) is 4.98 Å². The van der Waals surface area contributed by atoms with E-state index in [2.05, 4.69) is 27.2 Å². The van der Waals surface area contributed by atoms with Crippen molar-refractivity contribution in [1.82, 2.24) is 20.3 Å². The number of aromatic amines is 1. The van der Waals surface area contributed by atoms with Gasteiger partial charge in [0.15, 0.2) is 5.16 Å². The topological polar surface area (TPSA) is 79.9 Å². The molecule has 0 unspecified atom stereocenters. The predicted molar refractivity (Wildman–Crippen MR) is 129 cm³/mol. The zero-order chi connectivity index (χ0) is 19.8. The lowest BCUT2D eigenvalue weighted by atomic mass is 10.2. The molecule has 0 saturated carbocycles. The number of aromatic nitrogens is 3. The van der Waals surface area contributed by atoms with Crippen LogP contribution in [0.5, 0.6) is 0 Å². The Morgan fingerprint density at radius 1 is 1.20 bits per heavy atom. The summed E-state index contributed by atoms with van der Waals surface area (Å²) < 4.78 is 4.90. The van der Waals surface area contributed by atoms with Gasteiger partial charge in [-0.1, -0.05) is 23.9 Å². The minimum atomic E-state index is -0.211. The van der Waals surface area contributed by atoms with E-state index < -0.39 is 0 Å². The predicted octanol–water partition coefficient (Wildman–Crippen LogP) is 4.65. The number of esters is 1. The first kappa shape index (κ1) is 26.6. The second kappa shape index (κ2) is 13.8. The van der Waals surface area contributed by atoms with Crippen LogP contribution >= 0.6 is 48.3 Å². The number of fused-ring (bicyclic) bond motifs is 1. The zero-order valence-electron chi connectivity index (χ0n) is 16.8.